The number of rotatable bonds is 4. The number of hydrogen-bond donors (Lipinski definition) is 0. The molecule has 2 saturated heterocycles. The maximum Gasteiger partial charge on any atom is 0.270 e. The average Bonchev–Trinajstić information content (AvgIpc) is 3.61. The first-order chi connectivity index (χ1) is 17.1. The van der Waals surface area contributed by atoms with E-state index in [-0.39, 0.29) is 24.5 Å². The number of likely N-dealkylation sites (tertiary alicyclic amines) is 1. The van der Waals surface area contributed by atoms with Gasteiger partial charge in [-0.25, -0.2) is 0 Å². The zero-order valence-electron chi connectivity index (χ0n) is 19.9. The van der Waals surface area contributed by atoms with Crippen LogP contribution in [0.4, 0.5) is 0 Å². The van der Waals surface area contributed by atoms with Gasteiger partial charge in [-0.05, 0) is 48.1 Å². The van der Waals surface area contributed by atoms with Crippen molar-refractivity contribution in [2.45, 2.75) is 19.4 Å². The highest BCUT2D eigenvalue weighted by molar-refractivity contribution is 7.17. The first kappa shape index (κ1) is 22.4. The molecule has 0 radical (unpaired) electrons. The van der Waals surface area contributed by atoms with Crippen molar-refractivity contribution in [1.82, 2.24) is 19.3 Å². The Labute approximate surface area is 208 Å². The normalized spacial score (nSPS) is 20.5. The second kappa shape index (κ2) is 9.20. The number of piperidine rings is 1. The summed E-state index contributed by atoms with van der Waals surface area (Å²) in [4.78, 5) is 32.9. The molecule has 3 aliphatic rings. The Bertz CT molecular complexity index is 1260. The third kappa shape index (κ3) is 4.27. The molecule has 0 saturated carbocycles. The number of hydrogen-bond acceptors (Lipinski definition) is 6. The SMILES string of the molecule is Cn1c(C(=O)N2CCCC(C(=O)N3CCN(Cc4ccc5c(c4)OCO5)CC3)C2)cc2sccc21. The molecular weight excluding hydrogens is 464 g/mol. The fourth-order valence-electron chi connectivity index (χ4n) is 5.46. The van der Waals surface area contributed by atoms with Gasteiger partial charge in [-0.2, -0.15) is 0 Å². The number of aryl methyl sites for hydroxylation is 1. The molecule has 0 aliphatic carbocycles. The highest BCUT2D eigenvalue weighted by atomic mass is 32.1. The van der Waals surface area contributed by atoms with Crippen LogP contribution in [0.25, 0.3) is 10.2 Å². The molecule has 2 aromatic heterocycles. The van der Waals surface area contributed by atoms with Crippen molar-refractivity contribution in [3.8, 4) is 11.5 Å². The van der Waals surface area contributed by atoms with Crippen molar-refractivity contribution in [3.05, 3.63) is 47.0 Å². The quantitative estimate of drug-likeness (QED) is 0.558. The summed E-state index contributed by atoms with van der Waals surface area (Å²) in [6, 6.07) is 10.1. The molecule has 1 unspecified atom stereocenters. The number of carbonyl (C=O) groups is 2. The van der Waals surface area contributed by atoms with Crippen LogP contribution in [0.5, 0.6) is 11.5 Å². The lowest BCUT2D eigenvalue weighted by Crippen LogP contribution is -2.52. The highest BCUT2D eigenvalue weighted by Gasteiger charge is 2.33. The monoisotopic (exact) mass is 494 g/mol. The second-order valence-corrected chi connectivity index (χ2v) is 10.6. The van der Waals surface area contributed by atoms with Crippen LogP contribution in [0.15, 0.2) is 35.7 Å². The van der Waals surface area contributed by atoms with Crippen LogP contribution < -0.4 is 9.47 Å². The van der Waals surface area contributed by atoms with E-state index < -0.39 is 0 Å². The van der Waals surface area contributed by atoms with E-state index >= 15 is 0 Å². The van der Waals surface area contributed by atoms with Gasteiger partial charge in [-0.3, -0.25) is 14.5 Å². The highest BCUT2D eigenvalue weighted by Crippen LogP contribution is 2.33. The Kier molecular flexibility index (Phi) is 5.89. The molecule has 9 heteroatoms. The lowest BCUT2D eigenvalue weighted by Gasteiger charge is -2.39. The molecule has 1 aromatic carbocycles. The number of aromatic nitrogens is 1. The number of thiophene rings is 1. The lowest BCUT2D eigenvalue weighted by molar-refractivity contribution is -0.138. The van der Waals surface area contributed by atoms with Gasteiger partial charge >= 0.3 is 0 Å². The summed E-state index contributed by atoms with van der Waals surface area (Å²) in [7, 11) is 1.94. The van der Waals surface area contributed by atoms with E-state index in [1.54, 1.807) is 11.3 Å². The van der Waals surface area contributed by atoms with Gasteiger partial charge in [0.15, 0.2) is 11.5 Å². The zero-order valence-corrected chi connectivity index (χ0v) is 20.8. The van der Waals surface area contributed by atoms with Gasteiger partial charge in [-0.1, -0.05) is 6.07 Å². The fraction of sp³-hybridized carbons (Fsp3) is 0.462. The van der Waals surface area contributed by atoms with E-state index in [2.05, 4.69) is 11.0 Å². The molecular formula is C26H30N4O4S. The predicted octanol–water partition coefficient (Wildman–Crippen LogP) is 3.17. The third-order valence-corrected chi connectivity index (χ3v) is 8.32. The number of amides is 2. The number of ether oxygens (including phenoxy) is 2. The van der Waals surface area contributed by atoms with Crippen LogP contribution in [-0.4, -0.2) is 77.1 Å². The second-order valence-electron chi connectivity index (χ2n) is 9.64. The number of benzene rings is 1. The van der Waals surface area contributed by atoms with Crippen LogP contribution in [0.2, 0.25) is 0 Å². The summed E-state index contributed by atoms with van der Waals surface area (Å²) in [5.41, 5.74) is 2.98. The standard InChI is InChI=1S/C26H30N4O4S/c1-27-20-6-12-35-24(20)14-21(27)26(32)30-7-2-3-19(16-30)25(31)29-10-8-28(9-11-29)15-18-4-5-22-23(13-18)34-17-33-22/h4-6,12-14,19H,2-3,7-11,15-17H2,1H3. The Hall–Kier alpha value is -3.04. The van der Waals surface area contributed by atoms with E-state index in [1.807, 2.05) is 51.1 Å². The zero-order chi connectivity index (χ0) is 23.9. The smallest absolute Gasteiger partial charge is 0.270 e. The van der Waals surface area contributed by atoms with Crippen molar-refractivity contribution in [2.24, 2.45) is 13.0 Å². The molecule has 0 bridgehead atoms. The number of piperazine rings is 1. The minimum absolute atomic E-state index is 0.0296. The third-order valence-electron chi connectivity index (χ3n) is 7.47. The summed E-state index contributed by atoms with van der Waals surface area (Å²) >= 11 is 1.65. The minimum Gasteiger partial charge on any atom is -0.454 e. The lowest BCUT2D eigenvalue weighted by atomic mass is 9.96. The van der Waals surface area contributed by atoms with Gasteiger partial charge in [0.2, 0.25) is 12.7 Å². The molecule has 6 rings (SSSR count). The van der Waals surface area contributed by atoms with Gasteiger partial charge < -0.3 is 23.8 Å². The Morgan fingerprint density at radius 1 is 1.00 bits per heavy atom. The molecule has 1 atom stereocenters. The summed E-state index contributed by atoms with van der Waals surface area (Å²) in [5.74, 6) is 1.72. The van der Waals surface area contributed by atoms with Crippen molar-refractivity contribution in [1.29, 1.82) is 0 Å². The fourth-order valence-corrected chi connectivity index (χ4v) is 6.31. The molecule has 0 spiro atoms. The number of fused-ring (bicyclic) bond motifs is 2. The summed E-state index contributed by atoms with van der Waals surface area (Å²) in [6.45, 7) is 5.47. The largest absolute Gasteiger partial charge is 0.454 e. The topological polar surface area (TPSA) is 67.3 Å². The van der Waals surface area contributed by atoms with E-state index in [9.17, 15) is 9.59 Å². The van der Waals surface area contributed by atoms with Crippen molar-refractivity contribution in [2.75, 3.05) is 46.1 Å². The molecule has 2 amide bonds. The minimum atomic E-state index is -0.116. The Morgan fingerprint density at radius 3 is 2.66 bits per heavy atom. The Balaban J connectivity index is 1.04. The van der Waals surface area contributed by atoms with Crippen LogP contribution in [0, 0.1) is 5.92 Å². The van der Waals surface area contributed by atoms with Crippen LogP contribution in [-0.2, 0) is 18.4 Å². The average molecular weight is 495 g/mol. The maximum absolute atomic E-state index is 13.4. The van der Waals surface area contributed by atoms with Crippen LogP contribution in [0.3, 0.4) is 0 Å². The molecule has 8 nitrogen and oxygen atoms in total. The van der Waals surface area contributed by atoms with Crippen LogP contribution >= 0.6 is 11.3 Å². The van der Waals surface area contributed by atoms with Crippen LogP contribution in [0.1, 0.15) is 28.9 Å². The molecule has 3 aliphatic heterocycles. The number of carbonyl (C=O) groups excluding carboxylic acids is 2. The van der Waals surface area contributed by atoms with Crippen molar-refractivity contribution in [3.63, 3.8) is 0 Å². The summed E-state index contributed by atoms with van der Waals surface area (Å²) in [5, 5.41) is 2.05. The van der Waals surface area contributed by atoms with Crippen molar-refractivity contribution < 1.29 is 19.1 Å². The first-order valence-electron chi connectivity index (χ1n) is 12.3. The van der Waals surface area contributed by atoms with Gasteiger partial charge in [0, 0.05) is 52.9 Å². The molecule has 2 fully saturated rings. The van der Waals surface area contributed by atoms with E-state index in [1.165, 1.54) is 5.56 Å². The predicted molar refractivity (Wildman–Crippen MR) is 134 cm³/mol. The van der Waals surface area contributed by atoms with Crippen molar-refractivity contribution >= 4 is 33.4 Å². The molecule has 35 heavy (non-hydrogen) atoms. The number of nitrogens with zero attached hydrogens (tertiary/aromatic N) is 4. The Morgan fingerprint density at radius 2 is 1.83 bits per heavy atom. The van der Waals surface area contributed by atoms with E-state index in [4.69, 9.17) is 9.47 Å². The van der Waals surface area contributed by atoms with E-state index in [0.717, 1.165) is 67.3 Å². The van der Waals surface area contributed by atoms with Gasteiger partial charge in [-0.15, -0.1) is 11.3 Å². The maximum atomic E-state index is 13.4. The van der Waals surface area contributed by atoms with Gasteiger partial charge in [0.25, 0.3) is 5.91 Å². The molecule has 184 valence electrons. The summed E-state index contributed by atoms with van der Waals surface area (Å²) in [6.07, 6.45) is 1.72. The van der Waals surface area contributed by atoms with Gasteiger partial charge in [0.05, 0.1) is 16.1 Å². The molecule has 0 N–H and O–H groups in total. The van der Waals surface area contributed by atoms with Gasteiger partial charge in [0.1, 0.15) is 5.69 Å². The first-order valence-corrected chi connectivity index (χ1v) is 13.2. The molecule has 5 heterocycles. The summed E-state index contributed by atoms with van der Waals surface area (Å²) < 4.78 is 14.0. The van der Waals surface area contributed by atoms with E-state index in [0.29, 0.717) is 18.8 Å². The molecule has 3 aromatic rings.